The third-order valence-corrected chi connectivity index (χ3v) is 3.42. The fourth-order valence-corrected chi connectivity index (χ4v) is 2.44. The highest BCUT2D eigenvalue weighted by Crippen LogP contribution is 2.21. The van der Waals surface area contributed by atoms with Crippen molar-refractivity contribution in [3.05, 3.63) is 9.98 Å². The maximum absolute atomic E-state index is 4.30. The summed E-state index contributed by atoms with van der Waals surface area (Å²) in [5, 5.41) is 6.45. The molecule has 1 N–H and O–H groups in total. The van der Waals surface area contributed by atoms with Crippen molar-refractivity contribution < 1.29 is 0 Å². The van der Waals surface area contributed by atoms with E-state index in [4.69, 9.17) is 0 Å². The summed E-state index contributed by atoms with van der Waals surface area (Å²) in [6.07, 6.45) is 3.59. The molecule has 1 aromatic rings. The van der Waals surface area contributed by atoms with Gasteiger partial charge < -0.3 is 5.32 Å². The van der Waals surface area contributed by atoms with Crippen molar-refractivity contribution in [3.63, 3.8) is 0 Å². The molecule has 2 nitrogen and oxygen atoms in total. The van der Waals surface area contributed by atoms with Crippen LogP contribution in [0.4, 0.5) is 5.13 Å². The molecule has 1 unspecified atom stereocenters. The third kappa shape index (κ3) is 3.65. The van der Waals surface area contributed by atoms with Crippen LogP contribution in [0.1, 0.15) is 33.1 Å². The Morgan fingerprint density at radius 1 is 1.62 bits per heavy atom. The number of halogens is 1. The smallest absolute Gasteiger partial charge is 0.183 e. The van der Waals surface area contributed by atoms with Gasteiger partial charge in [-0.1, -0.05) is 20.3 Å². The van der Waals surface area contributed by atoms with Crippen LogP contribution in [-0.4, -0.2) is 11.0 Å². The second kappa shape index (κ2) is 5.60. The molecule has 0 aliphatic heterocycles. The van der Waals surface area contributed by atoms with E-state index >= 15 is 0 Å². The number of rotatable bonds is 5. The largest absolute Gasteiger partial charge is 0.359 e. The summed E-state index contributed by atoms with van der Waals surface area (Å²) >= 11 is 4.99. The van der Waals surface area contributed by atoms with E-state index < -0.39 is 0 Å². The molecule has 1 heterocycles. The minimum Gasteiger partial charge on any atom is -0.359 e. The fourth-order valence-electron chi connectivity index (χ4n) is 1.22. The Balaban J connectivity index is 2.46. The number of hydrogen-bond acceptors (Lipinski definition) is 3. The molecule has 0 aliphatic carbocycles. The van der Waals surface area contributed by atoms with Gasteiger partial charge >= 0.3 is 0 Å². The third-order valence-electron chi connectivity index (χ3n) is 1.93. The van der Waals surface area contributed by atoms with E-state index in [1.807, 2.05) is 5.38 Å². The number of nitrogens with one attached hydrogen (secondary N) is 1. The van der Waals surface area contributed by atoms with E-state index in [9.17, 15) is 0 Å². The summed E-state index contributed by atoms with van der Waals surface area (Å²) in [6, 6.07) is 0.572. The van der Waals surface area contributed by atoms with Gasteiger partial charge in [0, 0.05) is 11.4 Å². The zero-order valence-corrected chi connectivity index (χ0v) is 10.4. The summed E-state index contributed by atoms with van der Waals surface area (Å²) < 4.78 is 0.923. The van der Waals surface area contributed by atoms with Gasteiger partial charge in [-0.05, 0) is 28.8 Å². The molecule has 1 atom stereocenters. The van der Waals surface area contributed by atoms with Gasteiger partial charge in [0.2, 0.25) is 0 Å². The highest BCUT2D eigenvalue weighted by Gasteiger charge is 2.06. The molecule has 74 valence electrons. The van der Waals surface area contributed by atoms with Gasteiger partial charge in [-0.25, -0.2) is 4.98 Å². The van der Waals surface area contributed by atoms with Crippen LogP contribution in [0.25, 0.3) is 0 Å². The normalized spacial score (nSPS) is 12.8. The Morgan fingerprint density at radius 2 is 2.38 bits per heavy atom. The van der Waals surface area contributed by atoms with Crippen LogP contribution >= 0.6 is 27.3 Å². The molecular formula is C9H15BrN2S. The maximum Gasteiger partial charge on any atom is 0.183 e. The summed E-state index contributed by atoms with van der Waals surface area (Å²) in [7, 11) is 0. The molecule has 0 fully saturated rings. The summed E-state index contributed by atoms with van der Waals surface area (Å²) in [5.74, 6) is 0. The fraction of sp³-hybridized carbons (Fsp3) is 0.667. The first-order chi connectivity index (χ1) is 6.26. The van der Waals surface area contributed by atoms with Crippen molar-refractivity contribution in [3.8, 4) is 0 Å². The molecule has 0 amide bonds. The molecule has 13 heavy (non-hydrogen) atoms. The molecule has 0 spiro atoms. The Bertz CT molecular complexity index is 250. The van der Waals surface area contributed by atoms with Gasteiger partial charge in [0.15, 0.2) is 5.13 Å². The second-order valence-electron chi connectivity index (χ2n) is 3.01. The predicted molar refractivity (Wildman–Crippen MR) is 62.4 cm³/mol. The van der Waals surface area contributed by atoms with E-state index in [0.717, 1.165) is 16.2 Å². The van der Waals surface area contributed by atoms with E-state index in [0.29, 0.717) is 6.04 Å². The highest BCUT2D eigenvalue weighted by molar-refractivity contribution is 9.10. The lowest BCUT2D eigenvalue weighted by molar-refractivity contribution is 0.622. The zero-order chi connectivity index (χ0) is 9.68. The maximum atomic E-state index is 4.30. The lowest BCUT2D eigenvalue weighted by atomic mass is 10.1. The van der Waals surface area contributed by atoms with Gasteiger partial charge in [-0.15, -0.1) is 11.3 Å². The average Bonchev–Trinajstić information content (AvgIpc) is 2.50. The van der Waals surface area contributed by atoms with Gasteiger partial charge in [0.25, 0.3) is 0 Å². The number of hydrogen-bond donors (Lipinski definition) is 1. The number of thiazole rings is 1. The highest BCUT2D eigenvalue weighted by atomic mass is 79.9. The van der Waals surface area contributed by atoms with Crippen LogP contribution in [0.5, 0.6) is 0 Å². The van der Waals surface area contributed by atoms with Gasteiger partial charge in [-0.3, -0.25) is 0 Å². The van der Waals surface area contributed by atoms with Crippen LogP contribution in [0.3, 0.4) is 0 Å². The van der Waals surface area contributed by atoms with Crippen molar-refractivity contribution in [2.24, 2.45) is 0 Å². The van der Waals surface area contributed by atoms with Crippen LogP contribution < -0.4 is 5.32 Å². The minimum atomic E-state index is 0.572. The quantitative estimate of drug-likeness (QED) is 0.871. The molecular weight excluding hydrogens is 248 g/mol. The lowest BCUT2D eigenvalue weighted by Gasteiger charge is -2.14. The monoisotopic (exact) mass is 262 g/mol. The molecule has 4 heteroatoms. The number of aromatic nitrogens is 1. The standard InChI is InChI=1S/C9H15BrN2S/c1-3-5-7(4-2)11-9-12-8(10)6-13-9/h6-7H,3-5H2,1-2H3,(H,11,12). The summed E-state index contributed by atoms with van der Waals surface area (Å²) in [6.45, 7) is 4.41. The first kappa shape index (κ1) is 11.0. The minimum absolute atomic E-state index is 0.572. The van der Waals surface area contributed by atoms with Crippen LogP contribution in [0, 0.1) is 0 Å². The number of nitrogens with zero attached hydrogens (tertiary/aromatic N) is 1. The molecule has 0 aromatic carbocycles. The van der Waals surface area contributed by atoms with Crippen LogP contribution in [0.15, 0.2) is 9.98 Å². The molecule has 0 bridgehead atoms. The second-order valence-corrected chi connectivity index (χ2v) is 4.68. The Morgan fingerprint density at radius 3 is 2.85 bits per heavy atom. The van der Waals surface area contributed by atoms with Gasteiger partial charge in [-0.2, -0.15) is 0 Å². The first-order valence-corrected chi connectivity index (χ1v) is 6.31. The predicted octanol–water partition coefficient (Wildman–Crippen LogP) is 3.90. The number of anilines is 1. The van der Waals surface area contributed by atoms with Gasteiger partial charge in [0.1, 0.15) is 4.60 Å². The Labute approximate surface area is 91.9 Å². The molecule has 0 saturated heterocycles. The average molecular weight is 263 g/mol. The lowest BCUT2D eigenvalue weighted by Crippen LogP contribution is -2.17. The molecule has 1 rings (SSSR count). The van der Waals surface area contributed by atoms with E-state index in [1.165, 1.54) is 12.8 Å². The molecule has 0 aliphatic rings. The van der Waals surface area contributed by atoms with Crippen molar-refractivity contribution in [2.75, 3.05) is 5.32 Å². The SMILES string of the molecule is CCCC(CC)Nc1nc(Br)cs1. The Kier molecular flexibility index (Phi) is 4.73. The van der Waals surface area contributed by atoms with Crippen molar-refractivity contribution in [2.45, 2.75) is 39.2 Å². The molecule has 1 aromatic heterocycles. The first-order valence-electron chi connectivity index (χ1n) is 4.63. The summed E-state index contributed by atoms with van der Waals surface area (Å²) in [5.41, 5.74) is 0. The van der Waals surface area contributed by atoms with Gasteiger partial charge in [0.05, 0.1) is 0 Å². The van der Waals surface area contributed by atoms with Crippen LogP contribution in [-0.2, 0) is 0 Å². The van der Waals surface area contributed by atoms with E-state index in [-0.39, 0.29) is 0 Å². The molecule has 0 radical (unpaired) electrons. The molecule has 0 saturated carbocycles. The van der Waals surface area contributed by atoms with Crippen molar-refractivity contribution in [1.29, 1.82) is 0 Å². The van der Waals surface area contributed by atoms with Crippen molar-refractivity contribution >= 4 is 32.4 Å². The van der Waals surface area contributed by atoms with Crippen molar-refractivity contribution in [1.82, 2.24) is 4.98 Å². The Hall–Kier alpha value is -0.0900. The van der Waals surface area contributed by atoms with E-state index in [2.05, 4.69) is 40.1 Å². The topological polar surface area (TPSA) is 24.9 Å². The summed E-state index contributed by atoms with van der Waals surface area (Å²) in [4.78, 5) is 4.30. The van der Waals surface area contributed by atoms with E-state index in [1.54, 1.807) is 11.3 Å². The van der Waals surface area contributed by atoms with Crippen LogP contribution in [0.2, 0.25) is 0 Å². The zero-order valence-electron chi connectivity index (χ0n) is 8.01.